The zero-order valence-electron chi connectivity index (χ0n) is 18.3. The van der Waals surface area contributed by atoms with Gasteiger partial charge in [-0.05, 0) is 41.3 Å². The van der Waals surface area contributed by atoms with Crippen LogP contribution in [-0.4, -0.2) is 57.9 Å². The van der Waals surface area contributed by atoms with Crippen molar-refractivity contribution in [3.05, 3.63) is 59.2 Å². The summed E-state index contributed by atoms with van der Waals surface area (Å²) < 4.78 is 16.4. The number of nitrogens with one attached hydrogen (secondary N) is 1. The van der Waals surface area contributed by atoms with Crippen molar-refractivity contribution in [1.29, 1.82) is 0 Å². The van der Waals surface area contributed by atoms with Gasteiger partial charge in [0.05, 0.1) is 33.5 Å². The Hall–Kier alpha value is -2.57. The lowest BCUT2D eigenvalue weighted by molar-refractivity contribution is 0.0162. The summed E-state index contributed by atoms with van der Waals surface area (Å²) in [5.74, 6) is 1.75. The number of rotatable bonds is 8. The number of methoxy groups -OCH3 is 2. The van der Waals surface area contributed by atoms with Gasteiger partial charge >= 0.3 is 0 Å². The summed E-state index contributed by atoms with van der Waals surface area (Å²) in [7, 11) is 3.26. The fourth-order valence-electron chi connectivity index (χ4n) is 3.72. The normalized spacial score (nSPS) is 15.6. The molecule has 0 saturated carbocycles. The van der Waals surface area contributed by atoms with E-state index >= 15 is 0 Å². The molecule has 0 aromatic heterocycles. The van der Waals surface area contributed by atoms with Crippen molar-refractivity contribution in [2.45, 2.75) is 25.8 Å². The predicted molar refractivity (Wildman–Crippen MR) is 118 cm³/mol. The number of carbonyl (C=O) groups is 1. The van der Waals surface area contributed by atoms with Gasteiger partial charge in [-0.1, -0.05) is 32.0 Å². The molecule has 0 radical (unpaired) electrons. The van der Waals surface area contributed by atoms with E-state index in [9.17, 15) is 4.79 Å². The Bertz CT molecular complexity index is 830. The minimum Gasteiger partial charge on any atom is -0.493 e. The van der Waals surface area contributed by atoms with Gasteiger partial charge in [-0.3, -0.25) is 9.69 Å². The first-order valence-electron chi connectivity index (χ1n) is 10.5. The van der Waals surface area contributed by atoms with Crippen molar-refractivity contribution in [3.8, 4) is 11.5 Å². The average Bonchev–Trinajstić information content (AvgIpc) is 2.79. The van der Waals surface area contributed by atoms with Gasteiger partial charge in [-0.15, -0.1) is 0 Å². The molecule has 2 aromatic rings. The van der Waals surface area contributed by atoms with E-state index in [-0.39, 0.29) is 11.9 Å². The van der Waals surface area contributed by atoms with E-state index < -0.39 is 0 Å². The monoisotopic (exact) mass is 412 g/mol. The van der Waals surface area contributed by atoms with E-state index in [0.29, 0.717) is 42.7 Å². The molecule has 1 unspecified atom stereocenters. The molecule has 0 bridgehead atoms. The van der Waals surface area contributed by atoms with Crippen molar-refractivity contribution >= 4 is 5.91 Å². The van der Waals surface area contributed by atoms with Crippen LogP contribution < -0.4 is 14.8 Å². The van der Waals surface area contributed by atoms with Crippen LogP contribution in [0.2, 0.25) is 0 Å². The molecule has 162 valence electrons. The Morgan fingerprint density at radius 2 is 1.63 bits per heavy atom. The maximum Gasteiger partial charge on any atom is 0.251 e. The van der Waals surface area contributed by atoms with Gasteiger partial charge in [0.25, 0.3) is 5.91 Å². The number of hydrogen-bond donors (Lipinski definition) is 1. The molecule has 0 spiro atoms. The average molecular weight is 413 g/mol. The van der Waals surface area contributed by atoms with Crippen molar-refractivity contribution in [3.63, 3.8) is 0 Å². The molecule has 6 heteroatoms. The molecule has 1 saturated heterocycles. The topological polar surface area (TPSA) is 60.0 Å². The number of amides is 1. The highest BCUT2D eigenvalue weighted by atomic mass is 16.5. The number of ether oxygens (including phenoxy) is 3. The molecule has 1 fully saturated rings. The first kappa shape index (κ1) is 22.1. The summed E-state index contributed by atoms with van der Waals surface area (Å²) in [6, 6.07) is 13.8. The lowest BCUT2D eigenvalue weighted by Crippen LogP contribution is -2.43. The number of hydrogen-bond acceptors (Lipinski definition) is 5. The fraction of sp³-hybridized carbons (Fsp3) is 0.458. The second-order valence-electron chi connectivity index (χ2n) is 7.77. The van der Waals surface area contributed by atoms with Crippen LogP contribution in [0.1, 0.15) is 47.3 Å². The van der Waals surface area contributed by atoms with Crippen LogP contribution >= 0.6 is 0 Å². The minimum absolute atomic E-state index is 0.0209. The number of benzene rings is 2. The zero-order chi connectivity index (χ0) is 21.5. The highest BCUT2D eigenvalue weighted by molar-refractivity contribution is 5.94. The standard InChI is InChI=1S/C24H32N2O4/c1-17(2)18-5-7-19(8-6-18)24(27)25-16-21(26-11-13-30-14-12-26)20-9-10-22(28-3)23(15-20)29-4/h5-10,15,17,21H,11-14,16H2,1-4H3,(H,25,27). The Balaban J connectivity index is 1.76. The first-order chi connectivity index (χ1) is 14.5. The summed E-state index contributed by atoms with van der Waals surface area (Å²) in [6.07, 6.45) is 0. The quantitative estimate of drug-likeness (QED) is 0.718. The second kappa shape index (κ2) is 10.5. The Kier molecular flexibility index (Phi) is 7.71. The van der Waals surface area contributed by atoms with E-state index in [0.717, 1.165) is 18.7 Å². The molecular weight excluding hydrogens is 380 g/mol. The molecule has 3 rings (SSSR count). The molecule has 0 aliphatic carbocycles. The SMILES string of the molecule is COc1ccc(C(CNC(=O)c2ccc(C(C)C)cc2)N2CCOCC2)cc1OC. The van der Waals surface area contributed by atoms with Crippen LogP contribution in [0.5, 0.6) is 11.5 Å². The number of morpholine rings is 1. The maximum atomic E-state index is 12.8. The van der Waals surface area contributed by atoms with E-state index in [1.807, 2.05) is 42.5 Å². The zero-order valence-corrected chi connectivity index (χ0v) is 18.3. The van der Waals surface area contributed by atoms with Crippen molar-refractivity contribution in [2.24, 2.45) is 0 Å². The molecular formula is C24H32N2O4. The second-order valence-corrected chi connectivity index (χ2v) is 7.77. The molecule has 1 atom stereocenters. The molecule has 1 aliphatic heterocycles. The van der Waals surface area contributed by atoms with Gasteiger partial charge in [-0.2, -0.15) is 0 Å². The third-order valence-corrected chi connectivity index (χ3v) is 5.57. The summed E-state index contributed by atoms with van der Waals surface area (Å²) >= 11 is 0. The van der Waals surface area contributed by atoms with E-state index in [1.165, 1.54) is 5.56 Å². The lowest BCUT2D eigenvalue weighted by Gasteiger charge is -2.35. The van der Waals surface area contributed by atoms with Gasteiger partial charge < -0.3 is 19.5 Å². The summed E-state index contributed by atoms with van der Waals surface area (Å²) in [6.45, 7) is 7.80. The highest BCUT2D eigenvalue weighted by Gasteiger charge is 2.24. The van der Waals surface area contributed by atoms with Crippen LogP contribution in [0, 0.1) is 0 Å². The third kappa shape index (κ3) is 5.32. The number of nitrogens with zero attached hydrogens (tertiary/aromatic N) is 1. The lowest BCUT2D eigenvalue weighted by atomic mass is 10.0. The fourth-order valence-corrected chi connectivity index (χ4v) is 3.72. The van der Waals surface area contributed by atoms with Gasteiger partial charge in [0.1, 0.15) is 0 Å². The summed E-state index contributed by atoms with van der Waals surface area (Å²) in [5.41, 5.74) is 2.97. The predicted octanol–water partition coefficient (Wildman–Crippen LogP) is 3.63. The van der Waals surface area contributed by atoms with Gasteiger partial charge in [0, 0.05) is 25.2 Å². The van der Waals surface area contributed by atoms with Crippen molar-refractivity contribution < 1.29 is 19.0 Å². The molecule has 1 N–H and O–H groups in total. The van der Waals surface area contributed by atoms with Crippen molar-refractivity contribution in [1.82, 2.24) is 10.2 Å². The van der Waals surface area contributed by atoms with Crippen LogP contribution in [0.3, 0.4) is 0 Å². The molecule has 30 heavy (non-hydrogen) atoms. The highest BCUT2D eigenvalue weighted by Crippen LogP contribution is 2.32. The molecule has 2 aromatic carbocycles. The smallest absolute Gasteiger partial charge is 0.251 e. The van der Waals surface area contributed by atoms with Gasteiger partial charge in [-0.25, -0.2) is 0 Å². The van der Waals surface area contributed by atoms with Crippen LogP contribution in [0.25, 0.3) is 0 Å². The third-order valence-electron chi connectivity index (χ3n) is 5.57. The summed E-state index contributed by atoms with van der Waals surface area (Å²) in [4.78, 5) is 15.1. The number of carbonyl (C=O) groups excluding carboxylic acids is 1. The Morgan fingerprint density at radius 1 is 1.00 bits per heavy atom. The van der Waals surface area contributed by atoms with Gasteiger partial charge in [0.2, 0.25) is 0 Å². The first-order valence-corrected chi connectivity index (χ1v) is 10.5. The Morgan fingerprint density at radius 3 is 2.23 bits per heavy atom. The van der Waals surface area contributed by atoms with Crippen molar-refractivity contribution in [2.75, 3.05) is 47.1 Å². The summed E-state index contributed by atoms with van der Waals surface area (Å²) in [5, 5.41) is 3.12. The van der Waals surface area contributed by atoms with E-state index in [4.69, 9.17) is 14.2 Å². The van der Waals surface area contributed by atoms with E-state index in [1.54, 1.807) is 14.2 Å². The van der Waals surface area contributed by atoms with E-state index in [2.05, 4.69) is 24.1 Å². The van der Waals surface area contributed by atoms with Crippen LogP contribution in [0.15, 0.2) is 42.5 Å². The molecule has 1 amide bonds. The molecule has 1 heterocycles. The van der Waals surface area contributed by atoms with Crippen LogP contribution in [-0.2, 0) is 4.74 Å². The maximum absolute atomic E-state index is 12.8. The van der Waals surface area contributed by atoms with Gasteiger partial charge in [0.15, 0.2) is 11.5 Å². The largest absolute Gasteiger partial charge is 0.493 e. The van der Waals surface area contributed by atoms with Crippen LogP contribution in [0.4, 0.5) is 0 Å². The molecule has 6 nitrogen and oxygen atoms in total. The Labute approximate surface area is 179 Å². The minimum atomic E-state index is -0.0657. The molecule has 1 aliphatic rings.